The number of phenols is 2. The zero-order chi connectivity index (χ0) is 10.0. The lowest BCUT2D eigenvalue weighted by molar-refractivity contribution is 0.0962. The van der Waals surface area contributed by atoms with Crippen LogP contribution in [-0.4, -0.2) is 23.2 Å². The number of phenolic OH excluding ortho intramolecular Hbond substituents is 2. The van der Waals surface area contributed by atoms with Crippen LogP contribution >= 0.6 is 11.6 Å². The average molecular weight is 202 g/mol. The molecule has 4 nitrogen and oxygen atoms in total. The van der Waals surface area contributed by atoms with Crippen molar-refractivity contribution >= 4 is 17.5 Å². The molecule has 1 aromatic carbocycles. The summed E-state index contributed by atoms with van der Waals surface area (Å²) in [5.41, 5.74) is 0.197. The second-order valence-electron chi connectivity index (χ2n) is 2.40. The lowest BCUT2D eigenvalue weighted by atomic mass is 10.2. The third-order valence-corrected chi connectivity index (χ3v) is 1.82. The fourth-order valence-electron chi connectivity index (χ4n) is 0.860. The molecule has 0 aliphatic carbocycles. The van der Waals surface area contributed by atoms with E-state index in [1.807, 2.05) is 0 Å². The van der Waals surface area contributed by atoms with Crippen LogP contribution in [0, 0.1) is 0 Å². The Balaban J connectivity index is 3.20. The number of hydrogen-bond acceptors (Lipinski definition) is 3. The monoisotopic (exact) mass is 201 g/mol. The van der Waals surface area contributed by atoms with E-state index in [1.54, 1.807) is 0 Å². The Kier molecular flexibility index (Phi) is 2.63. The van der Waals surface area contributed by atoms with Crippen molar-refractivity contribution in [3.8, 4) is 11.5 Å². The van der Waals surface area contributed by atoms with Crippen molar-refractivity contribution in [2.75, 3.05) is 7.05 Å². The van der Waals surface area contributed by atoms with Crippen molar-refractivity contribution < 1.29 is 15.0 Å². The van der Waals surface area contributed by atoms with Gasteiger partial charge >= 0.3 is 0 Å². The predicted molar refractivity (Wildman–Crippen MR) is 48.2 cm³/mol. The van der Waals surface area contributed by atoms with Crippen LogP contribution in [0.3, 0.4) is 0 Å². The van der Waals surface area contributed by atoms with Gasteiger partial charge in [-0.2, -0.15) is 0 Å². The second-order valence-corrected chi connectivity index (χ2v) is 2.81. The van der Waals surface area contributed by atoms with Gasteiger partial charge in [-0.3, -0.25) is 4.79 Å². The molecule has 0 spiro atoms. The van der Waals surface area contributed by atoms with Gasteiger partial charge in [-0.05, 0) is 12.1 Å². The minimum atomic E-state index is -0.422. The SMILES string of the molecule is CNC(=O)c1cc(O)c(O)c(Cl)c1. The van der Waals surface area contributed by atoms with E-state index in [4.69, 9.17) is 21.8 Å². The number of benzene rings is 1. The van der Waals surface area contributed by atoms with Gasteiger partial charge in [0.05, 0.1) is 5.02 Å². The van der Waals surface area contributed by atoms with Gasteiger partial charge in [-0.15, -0.1) is 0 Å². The van der Waals surface area contributed by atoms with Gasteiger partial charge in [0.15, 0.2) is 11.5 Å². The minimum absolute atomic E-state index is 0.0569. The molecule has 0 saturated heterocycles. The zero-order valence-electron chi connectivity index (χ0n) is 6.84. The average Bonchev–Trinajstić information content (AvgIpc) is 2.12. The molecular formula is C8H8ClNO3. The summed E-state index contributed by atoms with van der Waals surface area (Å²) >= 11 is 5.53. The van der Waals surface area contributed by atoms with Crippen LogP contribution in [-0.2, 0) is 0 Å². The van der Waals surface area contributed by atoms with Crippen LogP contribution in [0.25, 0.3) is 0 Å². The van der Waals surface area contributed by atoms with E-state index in [0.717, 1.165) is 6.07 Å². The molecule has 0 aromatic heterocycles. The van der Waals surface area contributed by atoms with Gasteiger partial charge < -0.3 is 15.5 Å². The normalized spacial score (nSPS) is 9.69. The Hall–Kier alpha value is -1.42. The topological polar surface area (TPSA) is 69.6 Å². The van der Waals surface area contributed by atoms with Crippen molar-refractivity contribution in [1.82, 2.24) is 5.32 Å². The maximum absolute atomic E-state index is 11.1. The highest BCUT2D eigenvalue weighted by Gasteiger charge is 2.11. The van der Waals surface area contributed by atoms with Crippen LogP contribution in [0.5, 0.6) is 11.5 Å². The summed E-state index contributed by atoms with van der Waals surface area (Å²) in [5.74, 6) is -1.21. The fraction of sp³-hybridized carbons (Fsp3) is 0.125. The molecule has 1 rings (SSSR count). The first kappa shape index (κ1) is 9.67. The van der Waals surface area contributed by atoms with Crippen molar-refractivity contribution in [1.29, 1.82) is 0 Å². The summed E-state index contributed by atoms with van der Waals surface area (Å²) in [5, 5.41) is 20.5. The molecule has 70 valence electrons. The molecule has 1 aromatic rings. The van der Waals surface area contributed by atoms with Crippen molar-refractivity contribution in [3.05, 3.63) is 22.7 Å². The maximum atomic E-state index is 11.1. The van der Waals surface area contributed by atoms with Gasteiger partial charge in [0.1, 0.15) is 0 Å². The molecule has 0 fully saturated rings. The van der Waals surface area contributed by atoms with Gasteiger partial charge in [-0.1, -0.05) is 11.6 Å². The first-order valence-electron chi connectivity index (χ1n) is 3.50. The number of nitrogens with one attached hydrogen (secondary N) is 1. The largest absolute Gasteiger partial charge is 0.504 e. The van der Waals surface area contributed by atoms with E-state index in [1.165, 1.54) is 13.1 Å². The van der Waals surface area contributed by atoms with Gasteiger partial charge in [0.25, 0.3) is 5.91 Å². The quantitative estimate of drug-likeness (QED) is 0.597. The Morgan fingerprint density at radius 3 is 2.54 bits per heavy atom. The van der Waals surface area contributed by atoms with Crippen LogP contribution in [0.2, 0.25) is 5.02 Å². The maximum Gasteiger partial charge on any atom is 0.251 e. The van der Waals surface area contributed by atoms with Crippen LogP contribution in [0.4, 0.5) is 0 Å². The van der Waals surface area contributed by atoms with Crippen molar-refractivity contribution in [3.63, 3.8) is 0 Å². The molecule has 0 heterocycles. The lowest BCUT2D eigenvalue weighted by Gasteiger charge is -2.03. The Morgan fingerprint density at radius 1 is 1.46 bits per heavy atom. The summed E-state index contributed by atoms with van der Waals surface area (Å²) < 4.78 is 0. The van der Waals surface area contributed by atoms with E-state index in [9.17, 15) is 4.79 Å². The first-order chi connectivity index (χ1) is 6.06. The minimum Gasteiger partial charge on any atom is -0.504 e. The number of aromatic hydroxyl groups is 2. The Morgan fingerprint density at radius 2 is 2.08 bits per heavy atom. The van der Waals surface area contributed by atoms with Crippen LogP contribution in [0.15, 0.2) is 12.1 Å². The molecular weight excluding hydrogens is 194 g/mol. The molecule has 0 radical (unpaired) electrons. The van der Waals surface area contributed by atoms with Crippen molar-refractivity contribution in [2.24, 2.45) is 0 Å². The van der Waals surface area contributed by atoms with Crippen LogP contribution in [0.1, 0.15) is 10.4 Å². The van der Waals surface area contributed by atoms with Crippen molar-refractivity contribution in [2.45, 2.75) is 0 Å². The summed E-state index contributed by atoms with van der Waals surface area (Å²) in [6.45, 7) is 0. The van der Waals surface area contributed by atoms with E-state index < -0.39 is 11.5 Å². The summed E-state index contributed by atoms with van der Waals surface area (Å²) in [6, 6.07) is 2.41. The highest BCUT2D eigenvalue weighted by atomic mass is 35.5. The fourth-order valence-corrected chi connectivity index (χ4v) is 1.07. The molecule has 0 aliphatic rings. The molecule has 3 N–H and O–H groups in total. The molecule has 0 bridgehead atoms. The van der Waals surface area contributed by atoms with Crippen LogP contribution < -0.4 is 5.32 Å². The molecule has 0 saturated carbocycles. The zero-order valence-corrected chi connectivity index (χ0v) is 7.59. The Labute approximate surface area is 79.8 Å². The van der Waals surface area contributed by atoms with E-state index in [2.05, 4.69) is 5.32 Å². The van der Waals surface area contributed by atoms with E-state index in [-0.39, 0.29) is 16.5 Å². The van der Waals surface area contributed by atoms with Gasteiger partial charge in [0, 0.05) is 12.6 Å². The molecule has 0 aliphatic heterocycles. The molecule has 13 heavy (non-hydrogen) atoms. The number of amides is 1. The summed E-state index contributed by atoms with van der Waals surface area (Å²) in [4.78, 5) is 11.1. The second kappa shape index (κ2) is 3.53. The van der Waals surface area contributed by atoms with Gasteiger partial charge in [0.2, 0.25) is 0 Å². The standard InChI is InChI=1S/C8H8ClNO3/c1-10-8(13)4-2-5(9)7(12)6(11)3-4/h2-3,11-12H,1H3,(H,10,13). The number of halogens is 1. The number of rotatable bonds is 1. The third-order valence-electron chi connectivity index (χ3n) is 1.53. The third kappa shape index (κ3) is 1.84. The molecule has 1 amide bonds. The first-order valence-corrected chi connectivity index (χ1v) is 3.87. The number of carbonyl (C=O) groups is 1. The molecule has 5 heteroatoms. The molecule has 0 unspecified atom stereocenters. The lowest BCUT2D eigenvalue weighted by Crippen LogP contribution is -2.17. The number of carbonyl (C=O) groups excluding carboxylic acids is 1. The van der Waals surface area contributed by atoms with Gasteiger partial charge in [-0.25, -0.2) is 0 Å². The van der Waals surface area contributed by atoms with E-state index in [0.29, 0.717) is 0 Å². The smallest absolute Gasteiger partial charge is 0.251 e. The highest BCUT2D eigenvalue weighted by molar-refractivity contribution is 6.32. The predicted octanol–water partition coefficient (Wildman–Crippen LogP) is 1.11. The molecule has 0 atom stereocenters. The summed E-state index contributed by atoms with van der Waals surface area (Å²) in [7, 11) is 1.46. The Bertz CT molecular complexity index is 328. The number of hydrogen-bond donors (Lipinski definition) is 3. The summed E-state index contributed by atoms with van der Waals surface area (Å²) in [6.07, 6.45) is 0. The highest BCUT2D eigenvalue weighted by Crippen LogP contribution is 2.33. The van der Waals surface area contributed by atoms with E-state index >= 15 is 0 Å².